The number of benzene rings is 1. The van der Waals surface area contributed by atoms with E-state index in [1.165, 1.54) is 25.3 Å². The van der Waals surface area contributed by atoms with Gasteiger partial charge in [-0.1, -0.05) is 19.4 Å². The van der Waals surface area contributed by atoms with Crippen LogP contribution in [0.25, 0.3) is 0 Å². The van der Waals surface area contributed by atoms with Gasteiger partial charge in [0.05, 0.1) is 4.92 Å². The summed E-state index contributed by atoms with van der Waals surface area (Å²) < 4.78 is 0. The van der Waals surface area contributed by atoms with Crippen molar-refractivity contribution in [2.45, 2.75) is 45.2 Å². The van der Waals surface area contributed by atoms with Crippen molar-refractivity contribution in [1.29, 1.82) is 0 Å². The summed E-state index contributed by atoms with van der Waals surface area (Å²) in [4.78, 5) is 12.8. The molecule has 5 heteroatoms. The first-order valence-corrected chi connectivity index (χ1v) is 6.88. The maximum atomic E-state index is 10.7. The van der Waals surface area contributed by atoms with Gasteiger partial charge >= 0.3 is 0 Å². The van der Waals surface area contributed by atoms with Gasteiger partial charge in [0.1, 0.15) is 5.69 Å². The number of piperidine rings is 1. The lowest BCUT2D eigenvalue weighted by molar-refractivity contribution is -0.383. The number of hydrogen-bond donors (Lipinski definition) is 1. The fourth-order valence-electron chi connectivity index (χ4n) is 2.83. The Morgan fingerprint density at radius 2 is 2.26 bits per heavy atom. The number of nitrogens with two attached hydrogens (primary N) is 1. The van der Waals surface area contributed by atoms with Gasteiger partial charge in [-0.25, -0.2) is 0 Å². The number of rotatable bonds is 4. The molecule has 1 aromatic carbocycles. The molecule has 1 fully saturated rings. The maximum Gasteiger partial charge on any atom is 0.292 e. The van der Waals surface area contributed by atoms with E-state index in [1.54, 1.807) is 6.07 Å². The summed E-state index contributed by atoms with van der Waals surface area (Å²) in [5.74, 6) is 0. The SMILES string of the molecule is CCC1CCCCN1Cc1ccc([N+](=O)[O-])c(N)c1. The Kier molecular flexibility index (Phi) is 4.37. The minimum absolute atomic E-state index is 0.00515. The summed E-state index contributed by atoms with van der Waals surface area (Å²) in [5, 5.41) is 10.7. The maximum absolute atomic E-state index is 10.7. The summed E-state index contributed by atoms with van der Waals surface area (Å²) >= 11 is 0. The number of nitro groups is 1. The highest BCUT2D eigenvalue weighted by Gasteiger charge is 2.21. The third kappa shape index (κ3) is 3.23. The van der Waals surface area contributed by atoms with E-state index in [0.717, 1.165) is 25.1 Å². The second-order valence-corrected chi connectivity index (χ2v) is 5.18. The Labute approximate surface area is 113 Å². The molecule has 1 aliphatic heterocycles. The van der Waals surface area contributed by atoms with Crippen molar-refractivity contribution in [2.24, 2.45) is 0 Å². The van der Waals surface area contributed by atoms with E-state index in [4.69, 9.17) is 5.73 Å². The summed E-state index contributed by atoms with van der Waals surface area (Å²) in [5.41, 5.74) is 7.04. The Morgan fingerprint density at radius 3 is 2.89 bits per heavy atom. The molecule has 0 amide bonds. The molecule has 0 saturated carbocycles. The molecule has 1 saturated heterocycles. The van der Waals surface area contributed by atoms with Crippen molar-refractivity contribution in [1.82, 2.24) is 4.90 Å². The van der Waals surface area contributed by atoms with Crippen LogP contribution in [-0.4, -0.2) is 22.4 Å². The topological polar surface area (TPSA) is 72.4 Å². The van der Waals surface area contributed by atoms with E-state index < -0.39 is 4.92 Å². The molecule has 1 aromatic rings. The lowest BCUT2D eigenvalue weighted by Gasteiger charge is -2.35. The minimum Gasteiger partial charge on any atom is -0.393 e. The fourth-order valence-corrected chi connectivity index (χ4v) is 2.83. The van der Waals surface area contributed by atoms with Crippen molar-refractivity contribution in [3.63, 3.8) is 0 Å². The highest BCUT2D eigenvalue weighted by atomic mass is 16.6. The van der Waals surface area contributed by atoms with Gasteiger partial charge in [0.15, 0.2) is 0 Å². The molecule has 1 unspecified atom stereocenters. The molecular weight excluding hydrogens is 242 g/mol. The molecule has 0 bridgehead atoms. The highest BCUT2D eigenvalue weighted by Crippen LogP contribution is 2.25. The largest absolute Gasteiger partial charge is 0.393 e. The highest BCUT2D eigenvalue weighted by molar-refractivity contribution is 5.59. The van der Waals surface area contributed by atoms with Crippen molar-refractivity contribution in [2.75, 3.05) is 12.3 Å². The van der Waals surface area contributed by atoms with E-state index in [-0.39, 0.29) is 11.4 Å². The third-order valence-corrected chi connectivity index (χ3v) is 3.89. The molecule has 2 N–H and O–H groups in total. The van der Waals surface area contributed by atoms with Gasteiger partial charge < -0.3 is 5.73 Å². The molecule has 1 aliphatic rings. The zero-order valence-corrected chi connectivity index (χ0v) is 11.3. The first kappa shape index (κ1) is 13.8. The van der Waals surface area contributed by atoms with Gasteiger partial charge in [-0.2, -0.15) is 0 Å². The summed E-state index contributed by atoms with van der Waals surface area (Å²) in [6.07, 6.45) is 4.94. The van der Waals surface area contributed by atoms with Crippen molar-refractivity contribution < 1.29 is 4.92 Å². The molecule has 0 spiro atoms. The van der Waals surface area contributed by atoms with E-state index in [0.29, 0.717) is 6.04 Å². The van der Waals surface area contributed by atoms with Crippen molar-refractivity contribution in [3.8, 4) is 0 Å². The Balaban J connectivity index is 2.10. The van der Waals surface area contributed by atoms with Gasteiger partial charge in [0, 0.05) is 18.7 Å². The van der Waals surface area contributed by atoms with Crippen LogP contribution in [0.4, 0.5) is 11.4 Å². The number of nitrogens with zero attached hydrogens (tertiary/aromatic N) is 2. The van der Waals surface area contributed by atoms with Gasteiger partial charge in [-0.05, 0) is 37.4 Å². The Hall–Kier alpha value is -1.62. The van der Waals surface area contributed by atoms with Crippen LogP contribution < -0.4 is 5.73 Å². The summed E-state index contributed by atoms with van der Waals surface area (Å²) in [6.45, 7) is 4.16. The molecule has 0 aliphatic carbocycles. The summed E-state index contributed by atoms with van der Waals surface area (Å²) in [6, 6.07) is 5.69. The van der Waals surface area contributed by atoms with Crippen LogP contribution >= 0.6 is 0 Å². The number of nitrogen functional groups attached to an aromatic ring is 1. The molecule has 1 heterocycles. The van der Waals surface area contributed by atoms with Crippen LogP contribution in [0.15, 0.2) is 18.2 Å². The minimum atomic E-state index is -0.436. The molecule has 19 heavy (non-hydrogen) atoms. The monoisotopic (exact) mass is 263 g/mol. The van der Waals surface area contributed by atoms with Gasteiger partial charge in [-0.15, -0.1) is 0 Å². The average molecular weight is 263 g/mol. The van der Waals surface area contributed by atoms with Crippen molar-refractivity contribution in [3.05, 3.63) is 33.9 Å². The number of anilines is 1. The van der Waals surface area contributed by atoms with Crippen LogP contribution in [0, 0.1) is 10.1 Å². The van der Waals surface area contributed by atoms with E-state index >= 15 is 0 Å². The van der Waals surface area contributed by atoms with Crippen LogP contribution in [0.2, 0.25) is 0 Å². The lowest BCUT2D eigenvalue weighted by Crippen LogP contribution is -2.38. The fraction of sp³-hybridized carbons (Fsp3) is 0.571. The van der Waals surface area contributed by atoms with Gasteiger partial charge in [0.2, 0.25) is 0 Å². The molecular formula is C14H21N3O2. The quantitative estimate of drug-likeness (QED) is 0.515. The predicted octanol–water partition coefficient (Wildman–Crippen LogP) is 2.94. The summed E-state index contributed by atoms with van der Waals surface area (Å²) in [7, 11) is 0. The molecule has 2 rings (SSSR count). The van der Waals surface area contributed by atoms with Crippen LogP contribution in [0.1, 0.15) is 38.2 Å². The van der Waals surface area contributed by atoms with E-state index in [1.807, 2.05) is 6.07 Å². The van der Waals surface area contributed by atoms with Gasteiger partial charge in [-0.3, -0.25) is 15.0 Å². The Bertz CT molecular complexity index is 462. The van der Waals surface area contributed by atoms with Crippen LogP contribution in [0.5, 0.6) is 0 Å². The molecule has 5 nitrogen and oxygen atoms in total. The second-order valence-electron chi connectivity index (χ2n) is 5.18. The smallest absolute Gasteiger partial charge is 0.292 e. The second kappa shape index (κ2) is 6.02. The van der Waals surface area contributed by atoms with Crippen LogP contribution in [-0.2, 0) is 6.54 Å². The van der Waals surface area contributed by atoms with E-state index in [9.17, 15) is 10.1 Å². The molecule has 0 aromatic heterocycles. The number of nitro benzene ring substituents is 1. The molecule has 104 valence electrons. The van der Waals surface area contributed by atoms with E-state index in [2.05, 4.69) is 11.8 Å². The zero-order chi connectivity index (χ0) is 13.8. The third-order valence-electron chi connectivity index (χ3n) is 3.89. The Morgan fingerprint density at radius 1 is 1.47 bits per heavy atom. The first-order chi connectivity index (χ1) is 9.11. The van der Waals surface area contributed by atoms with Crippen LogP contribution in [0.3, 0.4) is 0 Å². The molecule has 1 atom stereocenters. The average Bonchev–Trinajstić information content (AvgIpc) is 2.39. The zero-order valence-electron chi connectivity index (χ0n) is 11.3. The normalized spacial score (nSPS) is 20.4. The van der Waals surface area contributed by atoms with Crippen molar-refractivity contribution >= 4 is 11.4 Å². The lowest BCUT2D eigenvalue weighted by atomic mass is 9.99. The molecule has 0 radical (unpaired) electrons. The standard InChI is InChI=1S/C14H21N3O2/c1-2-12-5-3-4-8-16(12)10-11-6-7-14(17(18)19)13(15)9-11/h6-7,9,12H,2-5,8,10,15H2,1H3. The number of likely N-dealkylation sites (tertiary alicyclic amines) is 1. The predicted molar refractivity (Wildman–Crippen MR) is 75.8 cm³/mol. The number of hydrogen-bond acceptors (Lipinski definition) is 4. The first-order valence-electron chi connectivity index (χ1n) is 6.88. The van der Waals surface area contributed by atoms with Gasteiger partial charge in [0.25, 0.3) is 5.69 Å².